The first-order chi connectivity index (χ1) is 15.0. The van der Waals surface area contributed by atoms with Crippen LogP contribution >= 0.6 is 0 Å². The number of amidine groups is 1. The SMILES string of the molecule is Cc1cc(C#N)cnc1C(=O)Nc1ccc2c(c1)C1(CCO2)CS(=O)(=O)C(C)(C)C(N)=N1. The summed E-state index contributed by atoms with van der Waals surface area (Å²) in [7, 11) is -3.59. The van der Waals surface area contributed by atoms with Gasteiger partial charge in [0.2, 0.25) is 0 Å². The number of aliphatic imine (C=N–C) groups is 1. The van der Waals surface area contributed by atoms with E-state index in [-0.39, 0.29) is 17.3 Å². The van der Waals surface area contributed by atoms with Gasteiger partial charge in [-0.2, -0.15) is 5.26 Å². The third-order valence-corrected chi connectivity index (χ3v) is 8.71. The minimum absolute atomic E-state index is 0.0587. The topological polar surface area (TPSA) is 148 Å². The first-order valence-electron chi connectivity index (χ1n) is 10.0. The average molecular weight is 454 g/mol. The number of pyridine rings is 1. The lowest BCUT2D eigenvalue weighted by molar-refractivity contribution is 0.102. The van der Waals surface area contributed by atoms with Gasteiger partial charge in [0, 0.05) is 23.9 Å². The highest BCUT2D eigenvalue weighted by molar-refractivity contribution is 7.93. The van der Waals surface area contributed by atoms with Gasteiger partial charge >= 0.3 is 0 Å². The van der Waals surface area contributed by atoms with Crippen molar-refractivity contribution in [2.75, 3.05) is 17.7 Å². The van der Waals surface area contributed by atoms with Gasteiger partial charge in [0.05, 0.1) is 17.9 Å². The van der Waals surface area contributed by atoms with Crippen LogP contribution in [0.1, 0.15) is 47.4 Å². The van der Waals surface area contributed by atoms with Crippen molar-refractivity contribution in [2.45, 2.75) is 37.5 Å². The van der Waals surface area contributed by atoms with E-state index in [4.69, 9.17) is 15.7 Å². The number of nitrogens with zero attached hydrogens (tertiary/aromatic N) is 3. The Labute approximate surface area is 186 Å². The highest BCUT2D eigenvalue weighted by Gasteiger charge is 2.52. The van der Waals surface area contributed by atoms with Gasteiger partial charge in [-0.05, 0) is 50.6 Å². The maximum absolute atomic E-state index is 13.0. The summed E-state index contributed by atoms with van der Waals surface area (Å²) in [5, 5.41) is 11.8. The second-order valence-corrected chi connectivity index (χ2v) is 11.1. The number of fused-ring (bicyclic) bond motifs is 2. The number of ether oxygens (including phenoxy) is 1. The Morgan fingerprint density at radius 3 is 2.72 bits per heavy atom. The Hall–Kier alpha value is -3.45. The van der Waals surface area contributed by atoms with Gasteiger partial charge in [-0.15, -0.1) is 0 Å². The number of nitrogens with one attached hydrogen (secondary N) is 1. The Kier molecular flexibility index (Phi) is 4.97. The van der Waals surface area contributed by atoms with Gasteiger partial charge in [-0.3, -0.25) is 9.79 Å². The third-order valence-electron chi connectivity index (χ3n) is 6.09. The summed E-state index contributed by atoms with van der Waals surface area (Å²) >= 11 is 0. The Morgan fingerprint density at radius 1 is 1.31 bits per heavy atom. The molecule has 0 fully saturated rings. The smallest absolute Gasteiger partial charge is 0.274 e. The van der Waals surface area contributed by atoms with Crippen LogP contribution in [0.3, 0.4) is 0 Å². The largest absolute Gasteiger partial charge is 0.493 e. The van der Waals surface area contributed by atoms with Gasteiger partial charge in [0.1, 0.15) is 33.6 Å². The number of aromatic nitrogens is 1. The van der Waals surface area contributed by atoms with Crippen molar-refractivity contribution < 1.29 is 17.9 Å². The lowest BCUT2D eigenvalue weighted by atomic mass is 9.85. The van der Waals surface area contributed by atoms with Crippen molar-refractivity contribution in [1.82, 2.24) is 4.98 Å². The second-order valence-electron chi connectivity index (χ2n) is 8.56. The normalized spacial score (nSPS) is 22.8. The molecule has 3 heterocycles. The predicted octanol–water partition coefficient (Wildman–Crippen LogP) is 2.06. The number of aryl methyl sites for hydroxylation is 1. The lowest BCUT2D eigenvalue weighted by Crippen LogP contribution is -2.56. The molecule has 1 unspecified atom stereocenters. The summed E-state index contributed by atoms with van der Waals surface area (Å²) in [6.45, 7) is 5.11. The van der Waals surface area contributed by atoms with E-state index >= 15 is 0 Å². The average Bonchev–Trinajstić information content (AvgIpc) is 2.72. The lowest BCUT2D eigenvalue weighted by Gasteiger charge is -2.42. The number of carbonyl (C=O) groups excluding carboxylic acids is 1. The molecule has 10 heteroatoms. The molecule has 3 N–H and O–H groups in total. The molecule has 0 bridgehead atoms. The van der Waals surface area contributed by atoms with Gasteiger partial charge in [-0.1, -0.05) is 0 Å². The monoisotopic (exact) mass is 453 g/mol. The third kappa shape index (κ3) is 3.39. The maximum atomic E-state index is 13.0. The zero-order chi connectivity index (χ0) is 23.3. The second kappa shape index (κ2) is 7.31. The summed E-state index contributed by atoms with van der Waals surface area (Å²) in [6.07, 6.45) is 1.69. The van der Waals surface area contributed by atoms with E-state index in [2.05, 4.69) is 15.3 Å². The van der Waals surface area contributed by atoms with Gasteiger partial charge < -0.3 is 15.8 Å². The van der Waals surface area contributed by atoms with E-state index in [1.165, 1.54) is 6.20 Å². The van der Waals surface area contributed by atoms with Crippen LogP contribution in [-0.4, -0.2) is 42.3 Å². The van der Waals surface area contributed by atoms with E-state index in [0.29, 0.717) is 41.2 Å². The molecule has 1 atom stereocenters. The van der Waals surface area contributed by atoms with Crippen LogP contribution in [0.5, 0.6) is 5.75 Å². The summed E-state index contributed by atoms with van der Waals surface area (Å²) < 4.78 is 30.6. The minimum Gasteiger partial charge on any atom is -0.493 e. The quantitative estimate of drug-likeness (QED) is 0.707. The molecule has 9 nitrogen and oxygen atoms in total. The number of hydrogen-bond donors (Lipinski definition) is 2. The molecule has 2 aliphatic rings. The van der Waals surface area contributed by atoms with Crippen LogP contribution < -0.4 is 15.8 Å². The molecule has 1 amide bonds. The molecule has 0 radical (unpaired) electrons. The Bertz CT molecular complexity index is 1310. The molecule has 2 aliphatic heterocycles. The number of sulfone groups is 1. The number of hydrogen-bond acceptors (Lipinski definition) is 8. The van der Waals surface area contributed by atoms with Crippen LogP contribution in [0.4, 0.5) is 5.69 Å². The fraction of sp³-hybridized carbons (Fsp3) is 0.364. The molecule has 1 aromatic carbocycles. The number of rotatable bonds is 2. The van der Waals surface area contributed by atoms with Crippen molar-refractivity contribution in [3.8, 4) is 11.8 Å². The van der Waals surface area contributed by atoms with E-state index in [1.54, 1.807) is 45.0 Å². The predicted molar refractivity (Wildman–Crippen MR) is 119 cm³/mol. The molecule has 0 aliphatic carbocycles. The highest BCUT2D eigenvalue weighted by atomic mass is 32.2. The van der Waals surface area contributed by atoms with Crippen LogP contribution in [0.25, 0.3) is 0 Å². The standard InChI is InChI=1S/C22H23N5O4S/c1-13-8-14(10-23)11-25-18(13)19(28)26-15-4-5-17-16(9-15)22(6-7-31-17)12-32(29,30)21(2,3)20(24)27-22/h4-5,8-9,11H,6-7,12H2,1-3H3,(H2,24,27)(H,26,28). The maximum Gasteiger partial charge on any atom is 0.274 e. The van der Waals surface area contributed by atoms with Crippen molar-refractivity contribution in [2.24, 2.45) is 10.7 Å². The molecule has 4 rings (SSSR count). The Morgan fingerprint density at radius 2 is 2.06 bits per heavy atom. The summed E-state index contributed by atoms with van der Waals surface area (Å²) in [4.78, 5) is 21.5. The Balaban J connectivity index is 1.73. The summed E-state index contributed by atoms with van der Waals surface area (Å²) in [6, 6.07) is 8.60. The number of carbonyl (C=O) groups is 1. The summed E-state index contributed by atoms with van der Waals surface area (Å²) in [5.74, 6) is -0.0763. The van der Waals surface area contributed by atoms with Gasteiger partial charge in [-0.25, -0.2) is 13.4 Å². The molecular weight excluding hydrogens is 430 g/mol. The molecule has 2 aromatic rings. The molecule has 1 aromatic heterocycles. The number of nitrogens with two attached hydrogens (primary N) is 1. The van der Waals surface area contributed by atoms with Crippen molar-refractivity contribution >= 4 is 27.3 Å². The van der Waals surface area contributed by atoms with Crippen LogP contribution in [0.15, 0.2) is 35.5 Å². The van der Waals surface area contributed by atoms with E-state index in [1.807, 2.05) is 6.07 Å². The fourth-order valence-corrected chi connectivity index (χ4v) is 5.66. The molecular formula is C22H23N5O4S. The highest BCUT2D eigenvalue weighted by Crippen LogP contribution is 2.46. The number of nitriles is 1. The van der Waals surface area contributed by atoms with E-state index < -0.39 is 26.0 Å². The minimum atomic E-state index is -3.59. The molecule has 32 heavy (non-hydrogen) atoms. The summed E-state index contributed by atoms with van der Waals surface area (Å²) in [5.41, 5.74) is 7.17. The number of amides is 1. The van der Waals surface area contributed by atoms with Gasteiger partial charge in [0.25, 0.3) is 5.91 Å². The first kappa shape index (κ1) is 21.8. The first-order valence-corrected chi connectivity index (χ1v) is 11.7. The van der Waals surface area contributed by atoms with Crippen LogP contribution in [0.2, 0.25) is 0 Å². The zero-order valence-corrected chi connectivity index (χ0v) is 18.8. The molecule has 0 saturated heterocycles. The number of benzene rings is 1. The van der Waals surface area contributed by atoms with Crippen molar-refractivity contribution in [3.05, 3.63) is 52.8 Å². The van der Waals surface area contributed by atoms with Crippen LogP contribution in [-0.2, 0) is 15.4 Å². The molecule has 0 saturated carbocycles. The van der Waals surface area contributed by atoms with Crippen molar-refractivity contribution in [3.63, 3.8) is 0 Å². The number of anilines is 1. The van der Waals surface area contributed by atoms with Crippen molar-refractivity contribution in [1.29, 1.82) is 5.26 Å². The fourth-order valence-electron chi connectivity index (χ4n) is 3.94. The van der Waals surface area contributed by atoms with Gasteiger partial charge in [0.15, 0.2) is 9.84 Å². The zero-order valence-electron chi connectivity index (χ0n) is 18.0. The van der Waals surface area contributed by atoms with Crippen LogP contribution in [0, 0.1) is 18.3 Å². The molecule has 1 spiro atoms. The molecule has 166 valence electrons. The van der Waals surface area contributed by atoms with E-state index in [0.717, 1.165) is 0 Å². The van der Waals surface area contributed by atoms with E-state index in [9.17, 15) is 13.2 Å².